The normalized spacial score (nSPS) is 23.1. The SMILES string of the molecule is O=S(=O)(Nc1ccc(F)c(C(F)(F)F)c1)C1C=CC2(CC1)OCCO2. The van der Waals surface area contributed by atoms with Crippen LogP contribution < -0.4 is 4.72 Å². The molecule has 1 unspecified atom stereocenters. The van der Waals surface area contributed by atoms with E-state index in [1.807, 2.05) is 0 Å². The molecule has 1 heterocycles. The van der Waals surface area contributed by atoms with E-state index in [0.29, 0.717) is 31.8 Å². The summed E-state index contributed by atoms with van der Waals surface area (Å²) in [5, 5.41) is -0.953. The highest BCUT2D eigenvalue weighted by Gasteiger charge is 2.40. The van der Waals surface area contributed by atoms with E-state index in [0.717, 1.165) is 6.07 Å². The van der Waals surface area contributed by atoms with E-state index in [1.165, 1.54) is 12.2 Å². The largest absolute Gasteiger partial charge is 0.419 e. The first-order chi connectivity index (χ1) is 11.6. The van der Waals surface area contributed by atoms with Gasteiger partial charge in [-0.05, 0) is 30.7 Å². The van der Waals surface area contributed by atoms with Crippen molar-refractivity contribution in [3.05, 3.63) is 41.7 Å². The molecule has 0 amide bonds. The van der Waals surface area contributed by atoms with Crippen LogP contribution in [0, 0.1) is 5.82 Å². The average molecular weight is 381 g/mol. The van der Waals surface area contributed by atoms with Gasteiger partial charge in [0, 0.05) is 12.1 Å². The highest BCUT2D eigenvalue weighted by atomic mass is 32.2. The van der Waals surface area contributed by atoms with Crippen molar-refractivity contribution in [2.45, 2.75) is 30.1 Å². The molecule has 2 aliphatic rings. The molecule has 1 aromatic carbocycles. The van der Waals surface area contributed by atoms with Gasteiger partial charge in [0.1, 0.15) is 5.82 Å². The van der Waals surface area contributed by atoms with E-state index >= 15 is 0 Å². The smallest absolute Gasteiger partial charge is 0.344 e. The molecule has 1 saturated heterocycles. The van der Waals surface area contributed by atoms with Crippen molar-refractivity contribution in [1.82, 2.24) is 0 Å². The Hall–Kier alpha value is -1.65. The number of nitrogens with one attached hydrogen (secondary N) is 1. The molecule has 1 atom stereocenters. The minimum atomic E-state index is -4.92. The van der Waals surface area contributed by atoms with Crippen molar-refractivity contribution in [2.75, 3.05) is 17.9 Å². The highest BCUT2D eigenvalue weighted by molar-refractivity contribution is 7.93. The summed E-state index contributed by atoms with van der Waals surface area (Å²) in [5.41, 5.74) is -1.88. The van der Waals surface area contributed by atoms with Gasteiger partial charge in [-0.2, -0.15) is 13.2 Å². The second kappa shape index (κ2) is 6.26. The van der Waals surface area contributed by atoms with Gasteiger partial charge >= 0.3 is 6.18 Å². The maximum Gasteiger partial charge on any atom is 0.419 e. The minimum absolute atomic E-state index is 0.180. The Morgan fingerprint density at radius 2 is 1.88 bits per heavy atom. The van der Waals surface area contributed by atoms with Gasteiger partial charge in [0.25, 0.3) is 0 Å². The molecule has 0 radical (unpaired) electrons. The van der Waals surface area contributed by atoms with Crippen molar-refractivity contribution >= 4 is 15.7 Å². The van der Waals surface area contributed by atoms with E-state index in [1.54, 1.807) is 0 Å². The molecule has 25 heavy (non-hydrogen) atoms. The number of rotatable bonds is 3. The van der Waals surface area contributed by atoms with Gasteiger partial charge in [-0.15, -0.1) is 0 Å². The number of ether oxygens (including phenoxy) is 2. The van der Waals surface area contributed by atoms with Gasteiger partial charge in [0.15, 0.2) is 5.79 Å². The molecule has 0 aromatic heterocycles. The fourth-order valence-electron chi connectivity index (χ4n) is 2.79. The molecule has 0 bridgehead atoms. The van der Waals surface area contributed by atoms with Gasteiger partial charge in [-0.1, -0.05) is 6.08 Å². The standard InChI is InChI=1S/C15H15F4NO4S/c16-13-2-1-10(9-12(13)15(17,18)19)20-25(21,22)11-3-5-14(6-4-11)23-7-8-24-14/h1-3,5,9,11,20H,4,6-8H2. The Morgan fingerprint density at radius 3 is 2.44 bits per heavy atom. The number of sulfonamides is 1. The fraction of sp³-hybridized carbons (Fsp3) is 0.467. The predicted octanol–water partition coefficient (Wildman–Crippen LogP) is 3.05. The molecule has 138 valence electrons. The summed E-state index contributed by atoms with van der Waals surface area (Å²) < 4.78 is 89.2. The molecule has 1 aromatic rings. The summed E-state index contributed by atoms with van der Waals surface area (Å²) >= 11 is 0. The first-order valence-electron chi connectivity index (χ1n) is 7.47. The minimum Gasteiger partial charge on any atom is -0.344 e. The van der Waals surface area contributed by atoms with Gasteiger partial charge in [0.05, 0.1) is 24.0 Å². The lowest BCUT2D eigenvalue weighted by atomic mass is 10.0. The molecule has 1 aliphatic heterocycles. The summed E-state index contributed by atoms with van der Waals surface area (Å²) in [6.07, 6.45) is -1.52. The third-order valence-corrected chi connectivity index (χ3v) is 5.76. The van der Waals surface area contributed by atoms with E-state index < -0.39 is 38.6 Å². The van der Waals surface area contributed by atoms with E-state index in [-0.39, 0.29) is 12.1 Å². The molecule has 10 heteroatoms. The number of halogens is 4. The van der Waals surface area contributed by atoms with Crippen molar-refractivity contribution < 1.29 is 35.5 Å². The Labute approximate surface area is 141 Å². The molecule has 1 spiro atoms. The Bertz CT molecular complexity index is 785. The van der Waals surface area contributed by atoms with Crippen molar-refractivity contribution in [2.24, 2.45) is 0 Å². The van der Waals surface area contributed by atoms with E-state index in [2.05, 4.69) is 4.72 Å². The lowest BCUT2D eigenvalue weighted by molar-refractivity contribution is -0.139. The van der Waals surface area contributed by atoms with Crippen molar-refractivity contribution in [3.8, 4) is 0 Å². The van der Waals surface area contributed by atoms with Crippen molar-refractivity contribution in [1.29, 1.82) is 0 Å². The van der Waals surface area contributed by atoms with Crippen molar-refractivity contribution in [3.63, 3.8) is 0 Å². The van der Waals surface area contributed by atoms with Gasteiger partial charge in [0.2, 0.25) is 10.0 Å². The summed E-state index contributed by atoms with van der Waals surface area (Å²) in [4.78, 5) is 0. The van der Waals surface area contributed by atoms with Crippen LogP contribution >= 0.6 is 0 Å². The Kier molecular flexibility index (Phi) is 4.54. The zero-order valence-corrected chi connectivity index (χ0v) is 13.7. The second-order valence-corrected chi connectivity index (χ2v) is 7.68. The van der Waals surface area contributed by atoms with Crippen LogP contribution in [0.1, 0.15) is 18.4 Å². The maximum absolute atomic E-state index is 13.3. The summed E-state index contributed by atoms with van der Waals surface area (Å²) in [5.74, 6) is -2.38. The van der Waals surface area contributed by atoms with Crippen LogP contribution in [0.25, 0.3) is 0 Å². The molecule has 1 N–H and O–H groups in total. The summed E-state index contributed by atoms with van der Waals surface area (Å²) in [6, 6.07) is 1.95. The van der Waals surface area contributed by atoms with Gasteiger partial charge in [-0.3, -0.25) is 4.72 Å². The summed E-state index contributed by atoms with van der Waals surface area (Å²) in [7, 11) is -4.00. The van der Waals surface area contributed by atoms with Crippen LogP contribution in [0.4, 0.5) is 23.2 Å². The Balaban J connectivity index is 1.78. The van der Waals surface area contributed by atoms with Crippen LogP contribution in [0.3, 0.4) is 0 Å². The van der Waals surface area contributed by atoms with Crippen LogP contribution in [0.2, 0.25) is 0 Å². The molecular formula is C15H15F4NO4S. The first kappa shape index (κ1) is 18.2. The van der Waals surface area contributed by atoms with E-state index in [4.69, 9.17) is 9.47 Å². The molecule has 1 aliphatic carbocycles. The van der Waals surface area contributed by atoms with Crippen LogP contribution in [-0.2, 0) is 25.7 Å². The third kappa shape index (κ3) is 3.80. The van der Waals surface area contributed by atoms with Crippen LogP contribution in [-0.4, -0.2) is 32.7 Å². The Morgan fingerprint density at radius 1 is 1.20 bits per heavy atom. The number of benzene rings is 1. The summed E-state index contributed by atoms with van der Waals surface area (Å²) in [6.45, 7) is 0.825. The second-order valence-electron chi connectivity index (χ2n) is 5.78. The van der Waals surface area contributed by atoms with Crippen LogP contribution in [0.15, 0.2) is 30.4 Å². The monoisotopic (exact) mass is 381 g/mol. The lowest BCUT2D eigenvalue weighted by Gasteiger charge is -2.30. The highest BCUT2D eigenvalue weighted by Crippen LogP contribution is 2.35. The lowest BCUT2D eigenvalue weighted by Crippen LogP contribution is -2.36. The first-order valence-corrected chi connectivity index (χ1v) is 9.02. The molecule has 0 saturated carbocycles. The molecule has 5 nitrogen and oxygen atoms in total. The maximum atomic E-state index is 13.3. The predicted molar refractivity (Wildman–Crippen MR) is 80.7 cm³/mol. The quantitative estimate of drug-likeness (QED) is 0.646. The molecular weight excluding hydrogens is 366 g/mol. The number of hydrogen-bond donors (Lipinski definition) is 1. The zero-order valence-electron chi connectivity index (χ0n) is 12.8. The number of hydrogen-bond acceptors (Lipinski definition) is 4. The van der Waals surface area contributed by atoms with Gasteiger partial charge < -0.3 is 9.47 Å². The molecule has 3 rings (SSSR count). The van der Waals surface area contributed by atoms with Crippen LogP contribution in [0.5, 0.6) is 0 Å². The molecule has 1 fully saturated rings. The topological polar surface area (TPSA) is 64.6 Å². The zero-order chi connectivity index (χ0) is 18.3. The van der Waals surface area contributed by atoms with E-state index in [9.17, 15) is 26.0 Å². The third-order valence-electron chi connectivity index (χ3n) is 4.05. The fourth-order valence-corrected chi connectivity index (χ4v) is 4.11. The number of alkyl halides is 3. The number of anilines is 1. The average Bonchev–Trinajstić information content (AvgIpc) is 2.96. The van der Waals surface area contributed by atoms with Gasteiger partial charge in [-0.25, -0.2) is 12.8 Å².